The topological polar surface area (TPSA) is 84.6 Å². The number of hydrogen-bond donors (Lipinski definition) is 3. The van der Waals surface area contributed by atoms with Crippen molar-refractivity contribution >= 4 is 6.03 Å². The number of carbonyl (C=O) groups excluding carboxylic acids is 1. The van der Waals surface area contributed by atoms with Crippen molar-refractivity contribution < 1.29 is 14.7 Å². The van der Waals surface area contributed by atoms with E-state index < -0.39 is 6.03 Å². The van der Waals surface area contributed by atoms with Crippen LogP contribution in [0.3, 0.4) is 0 Å². The molecule has 5 nitrogen and oxygen atoms in total. The van der Waals surface area contributed by atoms with E-state index in [1.807, 2.05) is 5.48 Å². The first kappa shape index (κ1) is 9.19. The van der Waals surface area contributed by atoms with Gasteiger partial charge in [-0.05, 0) is 13.3 Å². The minimum absolute atomic E-state index is 0.0294. The van der Waals surface area contributed by atoms with Crippen LogP contribution >= 0.6 is 0 Å². The van der Waals surface area contributed by atoms with Crippen molar-refractivity contribution in [1.82, 2.24) is 5.48 Å². The lowest BCUT2D eigenvalue weighted by Crippen LogP contribution is -2.32. The van der Waals surface area contributed by atoms with E-state index in [4.69, 9.17) is 10.8 Å². The summed E-state index contributed by atoms with van der Waals surface area (Å²) >= 11 is 0. The number of hydroxylamine groups is 1. The van der Waals surface area contributed by atoms with Crippen molar-refractivity contribution in [3.8, 4) is 0 Å². The summed E-state index contributed by atoms with van der Waals surface area (Å²) in [6.45, 7) is 1.74. The van der Waals surface area contributed by atoms with E-state index in [9.17, 15) is 4.79 Å². The van der Waals surface area contributed by atoms with E-state index in [2.05, 4.69) is 4.84 Å². The van der Waals surface area contributed by atoms with Crippen LogP contribution in [-0.2, 0) is 4.84 Å². The molecule has 1 unspecified atom stereocenters. The van der Waals surface area contributed by atoms with Crippen LogP contribution < -0.4 is 11.2 Å². The van der Waals surface area contributed by atoms with Crippen molar-refractivity contribution in [3.63, 3.8) is 0 Å². The Labute approximate surface area is 59.1 Å². The summed E-state index contributed by atoms with van der Waals surface area (Å²) in [5.74, 6) is 0. The highest BCUT2D eigenvalue weighted by Gasteiger charge is 2.01. The molecular formula is C5H12N2O3. The smallest absolute Gasteiger partial charge is 0.336 e. The Hall–Kier alpha value is -0.810. The van der Waals surface area contributed by atoms with Crippen LogP contribution in [0.1, 0.15) is 13.3 Å². The normalized spacial score (nSPS) is 12.6. The molecule has 0 aromatic heterocycles. The molecule has 0 aliphatic heterocycles. The molecule has 0 aromatic rings. The second-order valence-corrected chi connectivity index (χ2v) is 1.91. The third kappa shape index (κ3) is 5.33. The molecule has 1 atom stereocenters. The van der Waals surface area contributed by atoms with E-state index in [0.29, 0.717) is 6.42 Å². The Morgan fingerprint density at radius 2 is 2.50 bits per heavy atom. The van der Waals surface area contributed by atoms with Gasteiger partial charge in [-0.3, -0.25) is 4.84 Å². The summed E-state index contributed by atoms with van der Waals surface area (Å²) < 4.78 is 0. The molecule has 0 heterocycles. The zero-order valence-electron chi connectivity index (χ0n) is 5.83. The van der Waals surface area contributed by atoms with Gasteiger partial charge in [-0.15, -0.1) is 0 Å². The lowest BCUT2D eigenvalue weighted by molar-refractivity contribution is -0.00359. The van der Waals surface area contributed by atoms with Gasteiger partial charge >= 0.3 is 6.03 Å². The Balaban J connectivity index is 3.21. The van der Waals surface area contributed by atoms with Gasteiger partial charge in [-0.25, -0.2) is 10.3 Å². The number of nitrogens with two attached hydrogens (primary N) is 1. The van der Waals surface area contributed by atoms with Gasteiger partial charge in [0.05, 0.1) is 6.10 Å². The van der Waals surface area contributed by atoms with Gasteiger partial charge in [0.15, 0.2) is 0 Å². The van der Waals surface area contributed by atoms with Gasteiger partial charge in [0.1, 0.15) is 0 Å². The maximum absolute atomic E-state index is 10.0. The highest BCUT2D eigenvalue weighted by molar-refractivity contribution is 5.70. The average molecular weight is 148 g/mol. The molecule has 0 rings (SSSR count). The average Bonchev–Trinajstić information content (AvgIpc) is 1.85. The molecule has 0 aromatic carbocycles. The van der Waals surface area contributed by atoms with Crippen molar-refractivity contribution in [2.45, 2.75) is 19.4 Å². The zero-order valence-corrected chi connectivity index (χ0v) is 5.83. The highest BCUT2D eigenvalue weighted by atomic mass is 16.7. The van der Waals surface area contributed by atoms with Gasteiger partial charge in [-0.2, -0.15) is 0 Å². The zero-order chi connectivity index (χ0) is 7.98. The first-order valence-corrected chi connectivity index (χ1v) is 2.98. The van der Waals surface area contributed by atoms with Crippen LogP contribution in [0.25, 0.3) is 0 Å². The van der Waals surface area contributed by atoms with E-state index >= 15 is 0 Å². The first-order chi connectivity index (χ1) is 4.66. The second kappa shape index (κ2) is 5.01. The van der Waals surface area contributed by atoms with E-state index in [1.54, 1.807) is 6.92 Å². The summed E-state index contributed by atoms with van der Waals surface area (Å²) in [6, 6.07) is -0.732. The minimum atomic E-state index is -0.732. The van der Waals surface area contributed by atoms with Crippen LogP contribution in [-0.4, -0.2) is 23.8 Å². The van der Waals surface area contributed by atoms with Gasteiger partial charge in [-0.1, -0.05) is 0 Å². The lowest BCUT2D eigenvalue weighted by Gasteiger charge is -2.09. The predicted molar refractivity (Wildman–Crippen MR) is 35.0 cm³/mol. The number of amides is 2. The summed E-state index contributed by atoms with van der Waals surface area (Å²) in [6.07, 6.45) is 0.262. The number of primary amides is 1. The van der Waals surface area contributed by atoms with Crippen LogP contribution in [0.15, 0.2) is 0 Å². The highest BCUT2D eigenvalue weighted by Crippen LogP contribution is 1.91. The molecule has 4 N–H and O–H groups in total. The molecule has 10 heavy (non-hydrogen) atoms. The molecule has 0 aliphatic carbocycles. The third-order valence-corrected chi connectivity index (χ3v) is 0.896. The van der Waals surface area contributed by atoms with Crippen molar-refractivity contribution in [2.24, 2.45) is 5.73 Å². The molecule has 0 saturated carbocycles. The van der Waals surface area contributed by atoms with Crippen molar-refractivity contribution in [1.29, 1.82) is 0 Å². The Bertz CT molecular complexity index is 107. The standard InChI is InChI=1S/C5H12N2O3/c1-4(2-3-8)10-7-5(6)9/h4,8H,2-3H2,1H3,(H3,6,7,9). The van der Waals surface area contributed by atoms with E-state index in [1.165, 1.54) is 0 Å². The number of aliphatic hydroxyl groups excluding tert-OH is 1. The number of rotatable bonds is 4. The predicted octanol–water partition coefficient (Wildman–Crippen LogP) is -0.643. The van der Waals surface area contributed by atoms with Gasteiger partial charge < -0.3 is 10.8 Å². The second-order valence-electron chi connectivity index (χ2n) is 1.91. The fourth-order valence-electron chi connectivity index (χ4n) is 0.399. The molecule has 0 fully saturated rings. The summed E-state index contributed by atoms with van der Waals surface area (Å²) in [5, 5.41) is 8.38. The summed E-state index contributed by atoms with van der Waals surface area (Å²) in [4.78, 5) is 14.7. The molecule has 0 aliphatic rings. The Kier molecular flexibility index (Phi) is 4.61. The van der Waals surface area contributed by atoms with Gasteiger partial charge in [0.25, 0.3) is 0 Å². The monoisotopic (exact) mass is 148 g/mol. The number of hydrogen-bond acceptors (Lipinski definition) is 3. The number of aliphatic hydroxyl groups is 1. The van der Waals surface area contributed by atoms with E-state index in [0.717, 1.165) is 0 Å². The first-order valence-electron chi connectivity index (χ1n) is 2.98. The fraction of sp³-hybridized carbons (Fsp3) is 0.800. The van der Waals surface area contributed by atoms with Crippen LogP contribution in [0, 0.1) is 0 Å². The molecule has 0 spiro atoms. The molecule has 0 radical (unpaired) electrons. The van der Waals surface area contributed by atoms with Crippen molar-refractivity contribution in [3.05, 3.63) is 0 Å². The Morgan fingerprint density at radius 1 is 1.90 bits per heavy atom. The molecular weight excluding hydrogens is 136 g/mol. The van der Waals surface area contributed by atoms with Crippen LogP contribution in [0.4, 0.5) is 4.79 Å². The third-order valence-electron chi connectivity index (χ3n) is 0.896. The molecule has 0 bridgehead atoms. The maximum atomic E-state index is 10.0. The van der Waals surface area contributed by atoms with Gasteiger partial charge in [0.2, 0.25) is 0 Å². The van der Waals surface area contributed by atoms with Crippen LogP contribution in [0.5, 0.6) is 0 Å². The summed E-state index contributed by atoms with van der Waals surface area (Å²) in [5.41, 5.74) is 6.66. The fourth-order valence-corrected chi connectivity index (χ4v) is 0.399. The maximum Gasteiger partial charge on any atom is 0.336 e. The number of nitrogens with one attached hydrogen (secondary N) is 1. The SMILES string of the molecule is CC(CCO)ONC(N)=O. The van der Waals surface area contributed by atoms with Crippen LogP contribution in [0.2, 0.25) is 0 Å². The van der Waals surface area contributed by atoms with Gasteiger partial charge in [0, 0.05) is 6.61 Å². The number of urea groups is 1. The number of carbonyl (C=O) groups is 1. The quantitative estimate of drug-likeness (QED) is 0.463. The largest absolute Gasteiger partial charge is 0.396 e. The summed E-state index contributed by atoms with van der Waals surface area (Å²) in [7, 11) is 0. The minimum Gasteiger partial charge on any atom is -0.396 e. The molecule has 0 saturated heterocycles. The van der Waals surface area contributed by atoms with E-state index in [-0.39, 0.29) is 12.7 Å². The molecule has 60 valence electrons. The Morgan fingerprint density at radius 3 is 2.90 bits per heavy atom. The molecule has 2 amide bonds. The lowest BCUT2D eigenvalue weighted by atomic mass is 10.3. The van der Waals surface area contributed by atoms with Crippen molar-refractivity contribution in [2.75, 3.05) is 6.61 Å². The molecule has 5 heteroatoms.